The van der Waals surface area contributed by atoms with Crippen LogP contribution in [0.3, 0.4) is 0 Å². The fourth-order valence-corrected chi connectivity index (χ4v) is 1.36. The van der Waals surface area contributed by atoms with E-state index in [4.69, 9.17) is 4.74 Å². The Labute approximate surface area is 88.7 Å². The molecule has 0 aliphatic carbocycles. The van der Waals surface area contributed by atoms with E-state index in [-0.39, 0.29) is 0 Å². The lowest BCUT2D eigenvalue weighted by molar-refractivity contribution is -0.00924. The lowest BCUT2D eigenvalue weighted by atomic mass is 10.2. The number of rotatable bonds is 10. The monoisotopic (exact) mass is 201 g/mol. The third-order valence-electron chi connectivity index (χ3n) is 2.33. The quantitative estimate of drug-likeness (QED) is 0.497. The molecule has 0 aliphatic heterocycles. The van der Waals surface area contributed by atoms with Crippen molar-refractivity contribution in [2.75, 3.05) is 13.2 Å². The van der Waals surface area contributed by atoms with Gasteiger partial charge in [0.25, 0.3) is 0 Å². The predicted octanol–water partition coefficient (Wildman–Crippen LogP) is 3.57. The smallest absolute Gasteiger partial charge is 0.116 e. The van der Waals surface area contributed by atoms with Crippen molar-refractivity contribution >= 4 is 0 Å². The second-order valence-corrected chi connectivity index (χ2v) is 3.90. The van der Waals surface area contributed by atoms with Crippen LogP contribution in [-0.4, -0.2) is 19.3 Å². The minimum atomic E-state index is -0.499. The van der Waals surface area contributed by atoms with E-state index in [1.54, 1.807) is 0 Å². The molecule has 0 heterocycles. The maximum Gasteiger partial charge on any atom is 0.116 e. The standard InChI is InChI=1S/C12H25O2/c1-3-5-7-8-10-14-11-12(13)9-6-4-2/h12H,3-11H2,1-2H3. The van der Waals surface area contributed by atoms with E-state index >= 15 is 0 Å². The van der Waals surface area contributed by atoms with Crippen molar-refractivity contribution in [1.82, 2.24) is 0 Å². The molecule has 0 N–H and O–H groups in total. The van der Waals surface area contributed by atoms with Crippen molar-refractivity contribution in [2.45, 2.75) is 64.9 Å². The van der Waals surface area contributed by atoms with Crippen molar-refractivity contribution in [3.8, 4) is 0 Å². The van der Waals surface area contributed by atoms with E-state index in [0.29, 0.717) is 6.61 Å². The summed E-state index contributed by atoms with van der Waals surface area (Å²) in [5.41, 5.74) is 0. The first kappa shape index (κ1) is 13.9. The SMILES string of the molecule is CCCCCCOCC([O])CCCC. The molecule has 0 spiro atoms. The molecule has 0 bridgehead atoms. The molecule has 2 heteroatoms. The Kier molecular flexibility index (Phi) is 10.9. The van der Waals surface area contributed by atoms with Gasteiger partial charge in [-0.3, -0.25) is 0 Å². The molecule has 0 rings (SSSR count). The highest BCUT2D eigenvalue weighted by atomic mass is 16.5. The topological polar surface area (TPSA) is 29.1 Å². The van der Waals surface area contributed by atoms with Crippen molar-refractivity contribution in [3.05, 3.63) is 0 Å². The summed E-state index contributed by atoms with van der Waals surface area (Å²) in [5, 5.41) is 11.2. The molecule has 14 heavy (non-hydrogen) atoms. The summed E-state index contributed by atoms with van der Waals surface area (Å²) in [5.74, 6) is 0. The largest absolute Gasteiger partial charge is 0.379 e. The van der Waals surface area contributed by atoms with Crippen LogP contribution in [0.2, 0.25) is 0 Å². The molecule has 1 radical (unpaired) electrons. The first-order valence-electron chi connectivity index (χ1n) is 6.04. The Bertz CT molecular complexity index is 104. The van der Waals surface area contributed by atoms with Gasteiger partial charge in [0.2, 0.25) is 0 Å². The molecule has 85 valence electrons. The van der Waals surface area contributed by atoms with Crippen LogP contribution in [0.25, 0.3) is 0 Å². The van der Waals surface area contributed by atoms with Crippen LogP contribution in [0, 0.1) is 0 Å². The van der Waals surface area contributed by atoms with E-state index in [9.17, 15) is 5.11 Å². The Balaban J connectivity index is 3.02. The van der Waals surface area contributed by atoms with Crippen LogP contribution in [0.5, 0.6) is 0 Å². The van der Waals surface area contributed by atoms with Gasteiger partial charge in [0.15, 0.2) is 0 Å². The lowest BCUT2D eigenvalue weighted by Gasteiger charge is -2.08. The molecule has 0 saturated carbocycles. The summed E-state index contributed by atoms with van der Waals surface area (Å²) in [6, 6.07) is 0. The van der Waals surface area contributed by atoms with Crippen LogP contribution in [-0.2, 0) is 9.84 Å². The van der Waals surface area contributed by atoms with Crippen LogP contribution in [0.1, 0.15) is 58.8 Å². The van der Waals surface area contributed by atoms with Crippen LogP contribution >= 0.6 is 0 Å². The molecule has 0 aliphatic rings. The molecule has 0 aromatic rings. The summed E-state index contributed by atoms with van der Waals surface area (Å²) in [6.07, 6.45) is 7.28. The molecule has 2 nitrogen and oxygen atoms in total. The van der Waals surface area contributed by atoms with Gasteiger partial charge in [-0.1, -0.05) is 46.0 Å². The van der Waals surface area contributed by atoms with Crippen molar-refractivity contribution in [2.24, 2.45) is 0 Å². The van der Waals surface area contributed by atoms with Crippen molar-refractivity contribution in [1.29, 1.82) is 0 Å². The zero-order valence-electron chi connectivity index (χ0n) is 9.76. The summed E-state index contributed by atoms with van der Waals surface area (Å²) in [4.78, 5) is 0. The number of hydrogen-bond donors (Lipinski definition) is 0. The summed E-state index contributed by atoms with van der Waals surface area (Å²) >= 11 is 0. The maximum absolute atomic E-state index is 11.2. The number of unbranched alkanes of at least 4 members (excludes halogenated alkanes) is 4. The summed E-state index contributed by atoms with van der Waals surface area (Å²) in [7, 11) is 0. The Morgan fingerprint density at radius 1 is 1.00 bits per heavy atom. The number of hydrogen-bond acceptors (Lipinski definition) is 1. The summed E-state index contributed by atoms with van der Waals surface area (Å²) < 4.78 is 5.33. The Hall–Kier alpha value is -0.0800. The van der Waals surface area contributed by atoms with Gasteiger partial charge in [-0.2, -0.15) is 0 Å². The zero-order chi connectivity index (χ0) is 10.6. The first-order valence-corrected chi connectivity index (χ1v) is 6.04. The molecule has 1 unspecified atom stereocenters. The molecule has 0 fully saturated rings. The van der Waals surface area contributed by atoms with Crippen LogP contribution in [0.4, 0.5) is 0 Å². The van der Waals surface area contributed by atoms with E-state index < -0.39 is 6.10 Å². The highest BCUT2D eigenvalue weighted by molar-refractivity contribution is 4.52. The van der Waals surface area contributed by atoms with Gasteiger partial charge >= 0.3 is 0 Å². The second kappa shape index (κ2) is 11.0. The van der Waals surface area contributed by atoms with E-state index in [1.807, 2.05) is 0 Å². The normalized spacial score (nSPS) is 13.1. The average Bonchev–Trinajstić information content (AvgIpc) is 2.20. The van der Waals surface area contributed by atoms with Gasteiger partial charge in [0.05, 0.1) is 6.61 Å². The predicted molar refractivity (Wildman–Crippen MR) is 59.0 cm³/mol. The van der Waals surface area contributed by atoms with Gasteiger partial charge in [0, 0.05) is 6.61 Å². The minimum absolute atomic E-state index is 0.409. The highest BCUT2D eigenvalue weighted by Crippen LogP contribution is 2.03. The zero-order valence-corrected chi connectivity index (χ0v) is 9.76. The van der Waals surface area contributed by atoms with Crippen molar-refractivity contribution < 1.29 is 9.84 Å². The second-order valence-electron chi connectivity index (χ2n) is 3.90. The highest BCUT2D eigenvalue weighted by Gasteiger charge is 2.04. The summed E-state index contributed by atoms with van der Waals surface area (Å²) in [6.45, 7) is 5.48. The third-order valence-corrected chi connectivity index (χ3v) is 2.33. The molecule has 0 aromatic carbocycles. The molecule has 0 saturated heterocycles. The van der Waals surface area contributed by atoms with Crippen LogP contribution < -0.4 is 0 Å². The average molecular weight is 201 g/mol. The minimum Gasteiger partial charge on any atom is -0.379 e. The van der Waals surface area contributed by atoms with Gasteiger partial charge in [-0.05, 0) is 12.8 Å². The fourth-order valence-electron chi connectivity index (χ4n) is 1.36. The maximum atomic E-state index is 11.2. The van der Waals surface area contributed by atoms with Crippen molar-refractivity contribution in [3.63, 3.8) is 0 Å². The van der Waals surface area contributed by atoms with Gasteiger partial charge in [-0.15, -0.1) is 0 Å². The number of ether oxygens (including phenoxy) is 1. The molecule has 0 amide bonds. The molecular formula is C12H25O2. The van der Waals surface area contributed by atoms with E-state index in [2.05, 4.69) is 13.8 Å². The molecule has 0 aromatic heterocycles. The van der Waals surface area contributed by atoms with Gasteiger partial charge in [0.1, 0.15) is 6.10 Å². The molecule has 1 atom stereocenters. The van der Waals surface area contributed by atoms with Gasteiger partial charge in [-0.25, -0.2) is 5.11 Å². The van der Waals surface area contributed by atoms with E-state index in [0.717, 1.165) is 32.3 Å². The van der Waals surface area contributed by atoms with Gasteiger partial charge < -0.3 is 4.74 Å². The first-order chi connectivity index (χ1) is 6.81. The van der Waals surface area contributed by atoms with E-state index in [1.165, 1.54) is 19.3 Å². The fraction of sp³-hybridized carbons (Fsp3) is 1.00. The molecular weight excluding hydrogens is 176 g/mol. The Morgan fingerprint density at radius 3 is 2.36 bits per heavy atom. The Morgan fingerprint density at radius 2 is 1.71 bits per heavy atom. The lowest BCUT2D eigenvalue weighted by Crippen LogP contribution is -2.14. The van der Waals surface area contributed by atoms with Crippen LogP contribution in [0.15, 0.2) is 0 Å². The third kappa shape index (κ3) is 10.0.